The number of hydrogen-bond donors (Lipinski definition) is 2. The van der Waals surface area contributed by atoms with E-state index in [9.17, 15) is 0 Å². The molecule has 0 saturated heterocycles. The molecule has 0 fully saturated rings. The summed E-state index contributed by atoms with van der Waals surface area (Å²) in [6, 6.07) is 12.7. The highest BCUT2D eigenvalue weighted by molar-refractivity contribution is 6.35. The second-order valence-corrected chi connectivity index (χ2v) is 5.11. The van der Waals surface area contributed by atoms with Gasteiger partial charge < -0.3 is 15.8 Å². The van der Waals surface area contributed by atoms with Gasteiger partial charge in [-0.05, 0) is 29.8 Å². The van der Waals surface area contributed by atoms with Gasteiger partial charge in [-0.25, -0.2) is 4.99 Å². The van der Waals surface area contributed by atoms with Crippen LogP contribution >= 0.6 is 23.2 Å². The Morgan fingerprint density at radius 2 is 2.00 bits per heavy atom. The SMILES string of the molecule is COc1ccccc1NC(N)=NCc1ccc(Cl)cc1Cl. The topological polar surface area (TPSA) is 59.6 Å². The van der Waals surface area contributed by atoms with Gasteiger partial charge in [-0.2, -0.15) is 0 Å². The molecule has 6 heteroatoms. The molecule has 0 saturated carbocycles. The van der Waals surface area contributed by atoms with E-state index in [0.29, 0.717) is 22.3 Å². The van der Waals surface area contributed by atoms with Crippen molar-refractivity contribution in [2.24, 2.45) is 10.7 Å². The van der Waals surface area contributed by atoms with Crippen LogP contribution in [0.15, 0.2) is 47.5 Å². The quantitative estimate of drug-likeness (QED) is 0.662. The highest BCUT2D eigenvalue weighted by Gasteiger charge is 2.04. The normalized spacial score (nSPS) is 11.3. The van der Waals surface area contributed by atoms with E-state index in [4.69, 9.17) is 33.7 Å². The Kier molecular flexibility index (Phi) is 5.31. The Morgan fingerprint density at radius 3 is 2.71 bits per heavy atom. The molecule has 0 radical (unpaired) electrons. The number of para-hydroxylation sites is 2. The van der Waals surface area contributed by atoms with Gasteiger partial charge in [-0.3, -0.25) is 0 Å². The van der Waals surface area contributed by atoms with E-state index in [2.05, 4.69) is 10.3 Å². The number of ether oxygens (including phenoxy) is 1. The van der Waals surface area contributed by atoms with E-state index in [0.717, 1.165) is 11.3 Å². The van der Waals surface area contributed by atoms with Crippen molar-refractivity contribution < 1.29 is 4.74 Å². The van der Waals surface area contributed by atoms with Crippen molar-refractivity contribution in [3.8, 4) is 5.75 Å². The molecule has 0 bridgehead atoms. The minimum absolute atomic E-state index is 0.283. The lowest BCUT2D eigenvalue weighted by Gasteiger charge is -2.10. The maximum Gasteiger partial charge on any atom is 0.193 e. The van der Waals surface area contributed by atoms with E-state index in [-0.39, 0.29) is 5.96 Å². The van der Waals surface area contributed by atoms with Crippen molar-refractivity contribution in [3.05, 3.63) is 58.1 Å². The third-order valence-corrected chi connectivity index (χ3v) is 3.39. The first-order valence-electron chi connectivity index (χ1n) is 6.24. The average Bonchev–Trinajstić information content (AvgIpc) is 2.47. The van der Waals surface area contributed by atoms with Crippen molar-refractivity contribution in [3.63, 3.8) is 0 Å². The van der Waals surface area contributed by atoms with Gasteiger partial charge in [-0.1, -0.05) is 41.4 Å². The number of anilines is 1. The van der Waals surface area contributed by atoms with Crippen LogP contribution in [0.25, 0.3) is 0 Å². The van der Waals surface area contributed by atoms with Gasteiger partial charge in [0.25, 0.3) is 0 Å². The molecule has 0 aromatic heterocycles. The van der Waals surface area contributed by atoms with Gasteiger partial charge >= 0.3 is 0 Å². The fourth-order valence-electron chi connectivity index (χ4n) is 1.75. The molecule has 0 aliphatic heterocycles. The molecule has 3 N–H and O–H groups in total. The number of methoxy groups -OCH3 is 1. The van der Waals surface area contributed by atoms with Crippen molar-refractivity contribution in [2.75, 3.05) is 12.4 Å². The fourth-order valence-corrected chi connectivity index (χ4v) is 2.21. The molecule has 110 valence electrons. The van der Waals surface area contributed by atoms with E-state index in [1.54, 1.807) is 19.2 Å². The summed E-state index contributed by atoms with van der Waals surface area (Å²) in [7, 11) is 1.60. The summed E-state index contributed by atoms with van der Waals surface area (Å²) in [4.78, 5) is 4.26. The smallest absolute Gasteiger partial charge is 0.193 e. The van der Waals surface area contributed by atoms with Crippen LogP contribution in [-0.2, 0) is 6.54 Å². The van der Waals surface area contributed by atoms with Crippen molar-refractivity contribution >= 4 is 34.8 Å². The molecule has 4 nitrogen and oxygen atoms in total. The lowest BCUT2D eigenvalue weighted by atomic mass is 10.2. The molecule has 0 atom stereocenters. The average molecular weight is 324 g/mol. The maximum atomic E-state index is 6.09. The molecular weight excluding hydrogens is 309 g/mol. The van der Waals surface area contributed by atoms with Gasteiger partial charge in [-0.15, -0.1) is 0 Å². The van der Waals surface area contributed by atoms with E-state index >= 15 is 0 Å². The van der Waals surface area contributed by atoms with E-state index < -0.39 is 0 Å². The monoisotopic (exact) mass is 323 g/mol. The molecule has 0 unspecified atom stereocenters. The Bertz CT molecular complexity index is 659. The van der Waals surface area contributed by atoms with E-state index in [1.807, 2.05) is 30.3 Å². The van der Waals surface area contributed by atoms with Crippen LogP contribution in [0.4, 0.5) is 5.69 Å². The number of rotatable bonds is 4. The summed E-state index contributed by atoms with van der Waals surface area (Å²) in [5, 5.41) is 4.15. The third kappa shape index (κ3) is 4.28. The van der Waals surface area contributed by atoms with Crippen LogP contribution in [0.3, 0.4) is 0 Å². The van der Waals surface area contributed by atoms with Gasteiger partial charge in [0, 0.05) is 10.0 Å². The maximum absolute atomic E-state index is 6.09. The zero-order chi connectivity index (χ0) is 15.2. The zero-order valence-corrected chi connectivity index (χ0v) is 12.9. The first-order valence-corrected chi connectivity index (χ1v) is 6.99. The highest BCUT2D eigenvalue weighted by Crippen LogP contribution is 2.23. The number of nitrogens with two attached hydrogens (primary N) is 1. The minimum atomic E-state index is 0.283. The van der Waals surface area contributed by atoms with Crippen molar-refractivity contribution in [2.45, 2.75) is 6.54 Å². The van der Waals surface area contributed by atoms with Gasteiger partial charge in [0.1, 0.15) is 5.75 Å². The summed E-state index contributed by atoms with van der Waals surface area (Å²) in [6.45, 7) is 0.365. The van der Waals surface area contributed by atoms with Crippen molar-refractivity contribution in [1.82, 2.24) is 0 Å². The van der Waals surface area contributed by atoms with Crippen molar-refractivity contribution in [1.29, 1.82) is 0 Å². The van der Waals surface area contributed by atoms with Crippen LogP contribution in [0.5, 0.6) is 5.75 Å². The second kappa shape index (κ2) is 7.20. The lowest BCUT2D eigenvalue weighted by molar-refractivity contribution is 0.417. The molecule has 21 heavy (non-hydrogen) atoms. The second-order valence-electron chi connectivity index (χ2n) is 4.26. The van der Waals surface area contributed by atoms with Gasteiger partial charge in [0.2, 0.25) is 0 Å². The lowest BCUT2D eigenvalue weighted by Crippen LogP contribution is -2.22. The summed E-state index contributed by atoms with van der Waals surface area (Å²) in [5.74, 6) is 0.977. The number of guanidine groups is 1. The standard InChI is InChI=1S/C15H15Cl2N3O/c1-21-14-5-3-2-4-13(14)20-15(18)19-9-10-6-7-11(16)8-12(10)17/h2-8H,9H2,1H3,(H3,18,19,20). The molecular formula is C15H15Cl2N3O. The Morgan fingerprint density at radius 1 is 1.24 bits per heavy atom. The number of nitrogens with zero attached hydrogens (tertiary/aromatic N) is 1. The van der Waals surface area contributed by atoms with Gasteiger partial charge in [0.05, 0.1) is 19.3 Å². The Labute approximate surface area is 133 Å². The first-order chi connectivity index (χ1) is 10.1. The minimum Gasteiger partial charge on any atom is -0.495 e. The van der Waals surface area contributed by atoms with E-state index in [1.165, 1.54) is 0 Å². The number of hydrogen-bond acceptors (Lipinski definition) is 2. The predicted octanol–water partition coefficient (Wildman–Crippen LogP) is 3.93. The first kappa shape index (κ1) is 15.5. The Hall–Kier alpha value is -1.91. The molecule has 2 rings (SSSR count). The molecule has 0 spiro atoms. The summed E-state index contributed by atoms with van der Waals surface area (Å²) in [5.41, 5.74) is 7.48. The third-order valence-electron chi connectivity index (χ3n) is 2.80. The fraction of sp³-hybridized carbons (Fsp3) is 0.133. The van der Waals surface area contributed by atoms with Gasteiger partial charge in [0.15, 0.2) is 5.96 Å². The predicted molar refractivity (Wildman–Crippen MR) is 88.4 cm³/mol. The molecule has 2 aromatic carbocycles. The summed E-state index contributed by atoms with van der Waals surface area (Å²) < 4.78 is 5.23. The molecule has 0 heterocycles. The van der Waals surface area contributed by atoms with Crippen LogP contribution in [0, 0.1) is 0 Å². The van der Waals surface area contributed by atoms with Crippen LogP contribution < -0.4 is 15.8 Å². The van der Waals surface area contributed by atoms with Crippen LogP contribution in [0.1, 0.15) is 5.56 Å². The molecule has 0 aliphatic carbocycles. The summed E-state index contributed by atoms with van der Waals surface area (Å²) >= 11 is 11.9. The largest absolute Gasteiger partial charge is 0.495 e. The number of nitrogens with one attached hydrogen (secondary N) is 1. The number of benzene rings is 2. The molecule has 0 aliphatic rings. The highest BCUT2D eigenvalue weighted by atomic mass is 35.5. The van der Waals surface area contributed by atoms with Crippen LogP contribution in [0.2, 0.25) is 10.0 Å². The number of aliphatic imine (C=N–C) groups is 1. The number of halogens is 2. The Balaban J connectivity index is 2.07. The molecule has 2 aromatic rings. The molecule has 0 amide bonds. The summed E-state index contributed by atoms with van der Waals surface area (Å²) in [6.07, 6.45) is 0. The van der Waals surface area contributed by atoms with Crippen LogP contribution in [-0.4, -0.2) is 13.1 Å². The zero-order valence-electron chi connectivity index (χ0n) is 11.4.